The van der Waals surface area contributed by atoms with E-state index in [2.05, 4.69) is 94.0 Å². The Morgan fingerprint density at radius 3 is 2.37 bits per heavy atom. The topological polar surface area (TPSA) is 49.2 Å². The van der Waals surface area contributed by atoms with Crippen LogP contribution in [0.1, 0.15) is 40.3 Å². The van der Waals surface area contributed by atoms with Crippen LogP contribution < -0.4 is 10.2 Å². The van der Waals surface area contributed by atoms with E-state index in [9.17, 15) is 0 Å². The van der Waals surface area contributed by atoms with Crippen LogP contribution in [0.3, 0.4) is 0 Å². The monoisotopic (exact) mass is 482 g/mol. The number of nitrogens with zero attached hydrogens (tertiary/aromatic N) is 5. The molecule has 1 aromatic carbocycles. The first kappa shape index (κ1) is 23.1. The van der Waals surface area contributed by atoms with Gasteiger partial charge in [0.05, 0.1) is 17.8 Å². The van der Waals surface area contributed by atoms with Gasteiger partial charge in [-0.25, -0.2) is 0 Å². The molecule has 0 amide bonds. The molecule has 0 aliphatic carbocycles. The van der Waals surface area contributed by atoms with Crippen molar-refractivity contribution in [2.24, 2.45) is 0 Å². The summed E-state index contributed by atoms with van der Waals surface area (Å²) < 4.78 is 2.33. The van der Waals surface area contributed by atoms with Gasteiger partial charge in [0, 0.05) is 62.0 Å². The number of aromatic nitrogens is 3. The van der Waals surface area contributed by atoms with Gasteiger partial charge in [-0.15, -0.1) is 0 Å². The standard InChI is InChI=1S/C28H30N6S/c1-19-17-24(20(2)34(19)23-10-8-22(9-11-23)32(3)4)27-26(25-7-5-6-14-30-25)31-28(35)33(27)18-21-12-15-29-16-13-21/h5-17,26-27H,18H2,1-4H3,(H,31,35)/t26-,27-/m1/s1. The molecule has 1 saturated heterocycles. The molecule has 0 radical (unpaired) electrons. The van der Waals surface area contributed by atoms with Crippen molar-refractivity contribution in [3.63, 3.8) is 0 Å². The number of pyridine rings is 2. The zero-order valence-electron chi connectivity index (χ0n) is 20.5. The summed E-state index contributed by atoms with van der Waals surface area (Å²) in [6, 6.07) is 21.1. The Morgan fingerprint density at radius 1 is 0.971 bits per heavy atom. The van der Waals surface area contributed by atoms with Crippen LogP contribution in [0.5, 0.6) is 0 Å². The summed E-state index contributed by atoms with van der Waals surface area (Å²) in [6.45, 7) is 5.06. The molecule has 35 heavy (non-hydrogen) atoms. The number of hydrogen-bond donors (Lipinski definition) is 1. The van der Waals surface area contributed by atoms with Crippen molar-refractivity contribution < 1.29 is 0 Å². The molecular weight excluding hydrogens is 452 g/mol. The molecule has 0 bridgehead atoms. The summed E-state index contributed by atoms with van der Waals surface area (Å²) >= 11 is 5.87. The van der Waals surface area contributed by atoms with Crippen LogP contribution in [-0.4, -0.2) is 38.6 Å². The molecule has 4 heterocycles. The molecule has 2 atom stereocenters. The Morgan fingerprint density at radius 2 is 1.71 bits per heavy atom. The van der Waals surface area contributed by atoms with Crippen molar-refractivity contribution in [2.75, 3.05) is 19.0 Å². The average Bonchev–Trinajstić information content (AvgIpc) is 3.35. The largest absolute Gasteiger partial charge is 0.378 e. The molecule has 178 valence electrons. The minimum Gasteiger partial charge on any atom is -0.378 e. The minimum atomic E-state index is -0.0457. The fourth-order valence-corrected chi connectivity index (χ4v) is 5.29. The van der Waals surface area contributed by atoms with Crippen LogP contribution in [-0.2, 0) is 6.54 Å². The normalized spacial score (nSPS) is 17.5. The van der Waals surface area contributed by atoms with E-state index in [0.29, 0.717) is 6.54 Å². The van der Waals surface area contributed by atoms with Gasteiger partial charge < -0.3 is 19.7 Å². The van der Waals surface area contributed by atoms with Crippen LogP contribution in [0.4, 0.5) is 5.69 Å². The highest BCUT2D eigenvalue weighted by Gasteiger charge is 2.41. The van der Waals surface area contributed by atoms with Crippen LogP contribution in [0, 0.1) is 13.8 Å². The highest BCUT2D eigenvalue weighted by atomic mass is 32.1. The van der Waals surface area contributed by atoms with E-state index < -0.39 is 0 Å². The number of hydrogen-bond acceptors (Lipinski definition) is 4. The Labute approximate surface area is 212 Å². The SMILES string of the molecule is Cc1cc([C@@H]2[C@@H](c3ccccn3)NC(=S)N2Cc2ccncc2)c(C)n1-c1ccc(N(C)C)cc1. The lowest BCUT2D eigenvalue weighted by Crippen LogP contribution is -2.29. The lowest BCUT2D eigenvalue weighted by Gasteiger charge is -2.28. The zero-order valence-corrected chi connectivity index (χ0v) is 21.3. The van der Waals surface area contributed by atoms with E-state index >= 15 is 0 Å². The van der Waals surface area contributed by atoms with Crippen molar-refractivity contribution in [2.45, 2.75) is 32.5 Å². The fraction of sp³-hybridized carbons (Fsp3) is 0.250. The van der Waals surface area contributed by atoms with Crippen LogP contribution in [0.15, 0.2) is 79.3 Å². The van der Waals surface area contributed by atoms with Crippen molar-refractivity contribution in [3.8, 4) is 5.69 Å². The molecule has 1 aliphatic heterocycles. The Balaban J connectivity index is 1.59. The molecule has 1 fully saturated rings. The van der Waals surface area contributed by atoms with Gasteiger partial charge in [-0.3, -0.25) is 9.97 Å². The van der Waals surface area contributed by atoms with Crippen LogP contribution >= 0.6 is 12.2 Å². The second-order valence-corrected chi connectivity index (χ2v) is 9.57. The summed E-state index contributed by atoms with van der Waals surface area (Å²) in [7, 11) is 4.12. The van der Waals surface area contributed by atoms with E-state index in [1.54, 1.807) is 0 Å². The predicted molar refractivity (Wildman–Crippen MR) is 145 cm³/mol. The number of thiocarbonyl (C=S) groups is 1. The number of benzene rings is 1. The summed E-state index contributed by atoms with van der Waals surface area (Å²) in [6.07, 6.45) is 5.50. The summed E-state index contributed by atoms with van der Waals surface area (Å²) in [5.74, 6) is 0. The van der Waals surface area contributed by atoms with Gasteiger partial charge in [-0.2, -0.15) is 0 Å². The van der Waals surface area contributed by atoms with Crippen LogP contribution in [0.25, 0.3) is 5.69 Å². The first-order valence-electron chi connectivity index (χ1n) is 11.8. The number of aryl methyl sites for hydroxylation is 1. The van der Waals surface area contributed by atoms with Gasteiger partial charge in [0.25, 0.3) is 0 Å². The third-order valence-electron chi connectivity index (χ3n) is 6.71. The first-order valence-corrected chi connectivity index (χ1v) is 12.2. The number of nitrogens with one attached hydrogen (secondary N) is 1. The van der Waals surface area contributed by atoms with Crippen molar-refractivity contribution in [3.05, 3.63) is 107 Å². The molecule has 4 aromatic rings. The predicted octanol–water partition coefficient (Wildman–Crippen LogP) is 5.12. The Bertz CT molecular complexity index is 1320. The summed E-state index contributed by atoms with van der Waals surface area (Å²) in [5.41, 5.74) is 8.13. The second kappa shape index (κ2) is 9.50. The third kappa shape index (κ3) is 4.39. The lowest BCUT2D eigenvalue weighted by molar-refractivity contribution is 0.310. The highest BCUT2D eigenvalue weighted by molar-refractivity contribution is 7.80. The molecule has 0 spiro atoms. The van der Waals surface area contributed by atoms with Gasteiger partial charge in [-0.1, -0.05) is 6.07 Å². The summed E-state index contributed by atoms with van der Waals surface area (Å²) in [5, 5.41) is 4.31. The molecule has 0 unspecified atom stereocenters. The quantitative estimate of drug-likeness (QED) is 0.385. The zero-order chi connectivity index (χ0) is 24.5. The van der Waals surface area contributed by atoms with E-state index in [1.807, 2.05) is 42.9 Å². The Hall–Kier alpha value is -3.71. The van der Waals surface area contributed by atoms with E-state index in [0.717, 1.165) is 16.5 Å². The van der Waals surface area contributed by atoms with Crippen molar-refractivity contribution >= 4 is 23.0 Å². The van der Waals surface area contributed by atoms with E-state index in [1.165, 1.54) is 28.2 Å². The number of rotatable bonds is 6. The molecule has 3 aromatic heterocycles. The van der Waals surface area contributed by atoms with Crippen molar-refractivity contribution in [1.82, 2.24) is 24.8 Å². The number of anilines is 1. The fourth-order valence-electron chi connectivity index (χ4n) is 4.98. The van der Waals surface area contributed by atoms with Gasteiger partial charge in [0.15, 0.2) is 5.11 Å². The molecule has 0 saturated carbocycles. The van der Waals surface area contributed by atoms with Gasteiger partial charge >= 0.3 is 0 Å². The smallest absolute Gasteiger partial charge is 0.170 e. The molecule has 1 aliphatic rings. The second-order valence-electron chi connectivity index (χ2n) is 9.18. The maximum Gasteiger partial charge on any atom is 0.170 e. The van der Waals surface area contributed by atoms with Crippen LogP contribution in [0.2, 0.25) is 0 Å². The average molecular weight is 483 g/mol. The lowest BCUT2D eigenvalue weighted by atomic mass is 9.96. The van der Waals surface area contributed by atoms with E-state index in [-0.39, 0.29) is 12.1 Å². The van der Waals surface area contributed by atoms with Crippen molar-refractivity contribution in [1.29, 1.82) is 0 Å². The molecule has 5 rings (SSSR count). The Kier molecular flexibility index (Phi) is 6.26. The minimum absolute atomic E-state index is 0.00608. The van der Waals surface area contributed by atoms with Gasteiger partial charge in [-0.05, 0) is 91.8 Å². The summed E-state index contributed by atoms with van der Waals surface area (Å²) in [4.78, 5) is 13.3. The molecule has 6 nitrogen and oxygen atoms in total. The van der Waals surface area contributed by atoms with E-state index in [4.69, 9.17) is 12.2 Å². The molecule has 1 N–H and O–H groups in total. The first-order chi connectivity index (χ1) is 16.9. The van der Waals surface area contributed by atoms with Gasteiger partial charge in [0.1, 0.15) is 0 Å². The third-order valence-corrected chi connectivity index (χ3v) is 7.07. The maximum atomic E-state index is 5.87. The molecule has 7 heteroatoms. The highest BCUT2D eigenvalue weighted by Crippen LogP contribution is 2.42. The van der Waals surface area contributed by atoms with Gasteiger partial charge in [0.2, 0.25) is 0 Å². The molecular formula is C28H30N6S. The maximum absolute atomic E-state index is 5.87.